The number of aliphatic hydroxyl groups is 2. The monoisotopic (exact) mass is 1710 g/mol. The Labute approximate surface area is 725 Å². The average molecular weight is 1720 g/mol. The first kappa shape index (κ1) is 91.8. The lowest BCUT2D eigenvalue weighted by Crippen LogP contribution is -2.63. The van der Waals surface area contributed by atoms with Crippen molar-refractivity contribution in [2.45, 2.75) is 190 Å². The van der Waals surface area contributed by atoms with Gasteiger partial charge in [-0.05, 0) is 153 Å². The number of H-pyrrole nitrogens is 1. The number of rotatable bonds is 15. The molecule has 0 saturated heterocycles. The molecule has 8 aromatic rings. The van der Waals surface area contributed by atoms with Crippen molar-refractivity contribution >= 4 is 140 Å². The molecule has 11 atom stereocenters. The zero-order chi connectivity index (χ0) is 88.4. The number of aromatic nitrogens is 1. The number of allylic oxidation sites excluding steroid dienone is 4. The Morgan fingerprint density at radius 2 is 1.06 bits per heavy atom. The van der Waals surface area contributed by atoms with Gasteiger partial charge in [-0.3, -0.25) is 52.7 Å². The number of primary amides is 1. The Kier molecular flexibility index (Phi) is 31.2. The van der Waals surface area contributed by atoms with Gasteiger partial charge in [0.15, 0.2) is 12.3 Å². The number of nitrogens with one attached hydrogen (secondary N) is 11. The number of anilines is 1. The van der Waals surface area contributed by atoms with Gasteiger partial charge >= 0.3 is 0 Å². The minimum atomic E-state index is -1.83. The minimum Gasteiger partial charge on any atom is -0.508 e. The van der Waals surface area contributed by atoms with E-state index < -0.39 is 142 Å². The number of nitrogens with two attached hydrogens (primary N) is 2. The number of aromatic hydroxyl groups is 1. The quantitative estimate of drug-likeness (QED) is 0.0356. The van der Waals surface area contributed by atoms with Crippen LogP contribution in [-0.2, 0) is 82.8 Å². The van der Waals surface area contributed by atoms with Gasteiger partial charge in [0.1, 0.15) is 60.1 Å². The first-order chi connectivity index (χ1) is 58.9. The number of benzene rings is 7. The van der Waals surface area contributed by atoms with Gasteiger partial charge < -0.3 is 89.8 Å². The first-order valence-corrected chi connectivity index (χ1v) is 43.0. The van der Waals surface area contributed by atoms with Gasteiger partial charge in [0.05, 0.1) is 24.0 Å². The summed E-state index contributed by atoms with van der Waals surface area (Å²) in [5.74, 6) is -10.1. The van der Waals surface area contributed by atoms with E-state index in [2.05, 4.69) is 181 Å². The van der Waals surface area contributed by atoms with Crippen molar-refractivity contribution < 1.29 is 72.6 Å². The molecule has 3 aliphatic rings. The van der Waals surface area contributed by atoms with Gasteiger partial charge in [-0.15, -0.1) is 0 Å². The maximum Gasteiger partial charge on any atom is 0.245 e. The second-order valence-electron chi connectivity index (χ2n) is 32.7. The van der Waals surface area contributed by atoms with Gasteiger partial charge in [0.25, 0.3) is 0 Å². The molecule has 29 nitrogen and oxygen atoms in total. The number of amides is 11. The molecule has 0 bridgehead atoms. The molecule has 7 aromatic carbocycles. The van der Waals surface area contributed by atoms with Crippen LogP contribution in [-0.4, -0.2) is 200 Å². The van der Waals surface area contributed by atoms with E-state index in [0.29, 0.717) is 40.4 Å². The van der Waals surface area contributed by atoms with Crippen LogP contribution < -0.4 is 69.5 Å². The van der Waals surface area contributed by atoms with Crippen molar-refractivity contribution in [3.8, 4) is 5.75 Å². The molecule has 11 amide bonds. The number of para-hydroxylation sites is 1. The maximum atomic E-state index is 15.3. The number of fused-ring (bicyclic) bond motifs is 10. The van der Waals surface area contributed by atoms with E-state index in [1.807, 2.05) is 36.4 Å². The van der Waals surface area contributed by atoms with Crippen LogP contribution in [0.5, 0.6) is 5.75 Å². The van der Waals surface area contributed by atoms with Crippen LogP contribution >= 0.6 is 25.3 Å². The third kappa shape index (κ3) is 22.5. The highest BCUT2D eigenvalue weighted by atomic mass is 32.1. The number of aromatic amines is 1. The van der Waals surface area contributed by atoms with Crippen molar-refractivity contribution in [2.24, 2.45) is 11.5 Å². The molecule has 31 heteroatoms. The number of carbonyl (C=O) groups is 11. The molecular weight excluding hydrogens is 1600 g/mol. The maximum absolute atomic E-state index is 15.3. The zero-order valence-electron chi connectivity index (χ0n) is 69.9. The van der Waals surface area contributed by atoms with E-state index in [-0.39, 0.29) is 101 Å². The predicted molar refractivity (Wildman–Crippen MR) is 479 cm³/mol. The summed E-state index contributed by atoms with van der Waals surface area (Å²) in [5, 5.41) is 64.4. The molecule has 0 aliphatic carbocycles. The molecule has 3 aliphatic heterocycles. The Bertz CT molecular complexity index is 5320. The van der Waals surface area contributed by atoms with E-state index >= 15 is 19.2 Å². The third-order valence-electron chi connectivity index (χ3n) is 23.1. The lowest BCUT2D eigenvalue weighted by Gasteiger charge is -2.29. The summed E-state index contributed by atoms with van der Waals surface area (Å²) in [7, 11) is 0. The molecule has 0 radical (unpaired) electrons. The van der Waals surface area contributed by atoms with E-state index in [9.17, 15) is 48.9 Å². The molecule has 0 fully saturated rings. The number of phenolic OH excluding ortho intramolecular Hbond substituents is 1. The van der Waals surface area contributed by atoms with Crippen LogP contribution in [0.3, 0.4) is 0 Å². The summed E-state index contributed by atoms with van der Waals surface area (Å²) >= 11 is 8.85. The normalized spacial score (nSPS) is 23.7. The summed E-state index contributed by atoms with van der Waals surface area (Å²) in [6.07, 6.45) is 5.11. The van der Waals surface area contributed by atoms with E-state index in [0.717, 1.165) is 55.5 Å². The number of unbranched alkanes of at least 4 members (excludes halogenated alkanes) is 1. The lowest BCUT2D eigenvalue weighted by atomic mass is 9.79. The zero-order valence-corrected chi connectivity index (χ0v) is 71.7. The Balaban J connectivity index is 0.937. The Morgan fingerprint density at radius 3 is 1.67 bits per heavy atom. The number of nitrogens with zero attached hydrogens (tertiary/aromatic N) is 2. The van der Waals surface area contributed by atoms with Crippen molar-refractivity contribution in [1.29, 1.82) is 0 Å². The van der Waals surface area contributed by atoms with Gasteiger partial charge in [-0.25, -0.2) is 0 Å². The van der Waals surface area contributed by atoms with Gasteiger partial charge in [0, 0.05) is 102 Å². The minimum absolute atomic E-state index is 0.00215. The SMILES string of the molecule is C[C@@H](O)[C@@H]1NC(=O)[C@H](CS)NC(=O)[C@H]([C@@H](C)O)NC(=O)[C@H](CCCCN)NC(=O)[C@@H](Cc2c[nH]c3ccccc23)NC(=O)[C@H](Cc2ccc(O)cc2)NC(=O)[C@H](CS)NC(=O)[C@@H](Cc2ccccc2)NC(=O)CC[N+]2=C(/C=C/C=C3/N(CCC(=O)NCCCC[C@@H](C(N)=O)NC1=O)c1ccc4ccccc4c1C3(C)C)C(C)(C)c1c2ccc2ccccc12. The highest BCUT2D eigenvalue weighted by Gasteiger charge is 2.47. The lowest BCUT2D eigenvalue weighted by molar-refractivity contribution is -0.436. The first-order valence-electron chi connectivity index (χ1n) is 41.7. The Morgan fingerprint density at radius 1 is 0.537 bits per heavy atom. The van der Waals surface area contributed by atoms with Crippen molar-refractivity contribution in [3.05, 3.63) is 210 Å². The summed E-state index contributed by atoms with van der Waals surface area (Å²) in [6, 6.07) is 32.8. The molecule has 1 aromatic heterocycles. The number of thiol groups is 2. The summed E-state index contributed by atoms with van der Waals surface area (Å²) in [4.78, 5) is 165. The van der Waals surface area contributed by atoms with Crippen LogP contribution in [0.25, 0.3) is 32.4 Å². The molecule has 0 spiro atoms. The van der Waals surface area contributed by atoms with Crippen LogP contribution in [0.15, 0.2) is 182 Å². The van der Waals surface area contributed by atoms with Crippen molar-refractivity contribution in [3.63, 3.8) is 0 Å². The molecule has 11 rings (SSSR count). The second kappa shape index (κ2) is 41.8. The van der Waals surface area contributed by atoms with Gasteiger partial charge in [-0.1, -0.05) is 135 Å². The third-order valence-corrected chi connectivity index (χ3v) is 23.8. The van der Waals surface area contributed by atoms with Crippen LogP contribution in [0.4, 0.5) is 11.4 Å². The fraction of sp³-hybridized carbons (Fsp3) is 0.391. The molecule has 123 heavy (non-hydrogen) atoms. The van der Waals surface area contributed by atoms with E-state index in [4.69, 9.17) is 11.5 Å². The smallest absolute Gasteiger partial charge is 0.245 e. The number of aliphatic hydroxyl groups excluding tert-OH is 2. The van der Waals surface area contributed by atoms with E-state index in [1.54, 1.807) is 54.7 Å². The van der Waals surface area contributed by atoms with Crippen molar-refractivity contribution in [2.75, 3.05) is 42.6 Å². The molecule has 0 saturated carbocycles. The van der Waals surface area contributed by atoms with Crippen LogP contribution in [0.1, 0.15) is 121 Å². The summed E-state index contributed by atoms with van der Waals surface area (Å²) in [6.45, 7) is 11.8. The van der Waals surface area contributed by atoms with E-state index in [1.165, 1.54) is 38.1 Å². The fourth-order valence-corrected chi connectivity index (χ4v) is 17.0. The molecule has 0 unspecified atom stereocenters. The van der Waals surface area contributed by atoms with Gasteiger partial charge in [0.2, 0.25) is 70.7 Å². The second-order valence-corrected chi connectivity index (χ2v) is 33.4. The molecule has 18 N–H and O–H groups in total. The number of hydrogen-bond donors (Lipinski definition) is 18. The van der Waals surface area contributed by atoms with Crippen LogP contribution in [0, 0.1) is 0 Å². The number of hydrogen-bond acceptors (Lipinski definition) is 18. The Hall–Kier alpha value is -11.9. The largest absolute Gasteiger partial charge is 0.508 e. The highest BCUT2D eigenvalue weighted by molar-refractivity contribution is 7.80. The van der Waals surface area contributed by atoms with Crippen LogP contribution in [0.2, 0.25) is 0 Å². The molecular formula is C92H112N15O14S2+. The predicted octanol–water partition coefficient (Wildman–Crippen LogP) is 5.20. The van der Waals surface area contributed by atoms with Gasteiger partial charge in [-0.2, -0.15) is 29.8 Å². The topological polar surface area (TPSA) is 443 Å². The number of carbonyl (C=O) groups excluding carboxylic acids is 11. The fourth-order valence-electron chi connectivity index (χ4n) is 16.5. The molecule has 650 valence electrons. The van der Waals surface area contributed by atoms with Crippen molar-refractivity contribution in [1.82, 2.24) is 58.2 Å². The average Bonchev–Trinajstić information content (AvgIpc) is 1.57. The highest BCUT2D eigenvalue weighted by Crippen LogP contribution is 2.51. The standard InChI is InChI=1S/C92H111N15O14S2/c1-53(108)80-89(120)98-65(82(94)113)29-17-19-44-95-76(111)41-45-106-72-39-35-57-23-10-12-26-62(57)78(72)91(3,4)74(106)31-20-32-75-92(5,6)79-63-27-13-11-24-58(63)36-40-73(79)107(75)46-42-77(112)97-67(47-55-21-8-7-9-22-55)84(115)102-70(51-122)87(118)100-68(48-56-33-37-60(110)38-34-56)85(116)101-69(49-59-50-96-64-28-15-14-25-61(59)64)86(117)99-66(30-16-18-43-93)83(114)104-81(54(2)109)90(121)103-71(52-123)88(119)105-80/h7-15,20-28,31-40,50,53-54,65-71,80-81,96,108-109H,16-19,29-30,41-49,51-52,93H2,1-6H3,(H14-,94,95,97,98,99,100,101,102,103,104,105,110,111,112,113,114,115,116,117,118,119,120,121,122,123)/p+1/t53-,54-,65+,66+,67-,68+,69-,70+,71+,80+,81+/m1/s1. The number of phenols is 1. The summed E-state index contributed by atoms with van der Waals surface area (Å²) in [5.41, 5.74) is 18.6. The molecule has 4 heterocycles. The summed E-state index contributed by atoms with van der Waals surface area (Å²) < 4.78 is 2.13.